The Bertz CT molecular complexity index is 907. The Morgan fingerprint density at radius 3 is 2.96 bits per heavy atom. The van der Waals surface area contributed by atoms with E-state index in [2.05, 4.69) is 27.0 Å². The summed E-state index contributed by atoms with van der Waals surface area (Å²) in [6, 6.07) is 7.50. The van der Waals surface area contributed by atoms with Crippen molar-refractivity contribution < 1.29 is 9.90 Å². The molecule has 3 N–H and O–H groups in total. The molecule has 3 aromatic rings. The van der Waals surface area contributed by atoms with Crippen LogP contribution in [0.2, 0.25) is 0 Å². The van der Waals surface area contributed by atoms with Crippen molar-refractivity contribution in [1.29, 1.82) is 0 Å². The van der Waals surface area contributed by atoms with Gasteiger partial charge in [-0.05, 0) is 32.3 Å². The summed E-state index contributed by atoms with van der Waals surface area (Å²) >= 11 is 0. The predicted octanol–water partition coefficient (Wildman–Crippen LogP) is 3.31. The second-order valence-electron chi connectivity index (χ2n) is 6.73. The zero-order valence-corrected chi connectivity index (χ0v) is 14.2. The number of para-hydroxylation sites is 1. The summed E-state index contributed by atoms with van der Waals surface area (Å²) in [4.78, 5) is 15.0. The Hall–Kier alpha value is -2.60. The zero-order chi connectivity index (χ0) is 17.4. The van der Waals surface area contributed by atoms with Gasteiger partial charge in [0.25, 0.3) is 0 Å². The van der Waals surface area contributed by atoms with Crippen LogP contribution in [0.5, 0.6) is 0 Å². The third-order valence-electron chi connectivity index (χ3n) is 5.24. The van der Waals surface area contributed by atoms with Gasteiger partial charge in [-0.3, -0.25) is 14.8 Å². The molecule has 4 rings (SSSR count). The molecule has 0 radical (unpaired) electrons. The summed E-state index contributed by atoms with van der Waals surface area (Å²) in [5.41, 5.74) is 3.88. The van der Waals surface area contributed by atoms with Crippen LogP contribution in [-0.2, 0) is 11.3 Å². The number of carboxylic acids is 1. The third-order valence-corrected chi connectivity index (χ3v) is 5.24. The van der Waals surface area contributed by atoms with Gasteiger partial charge >= 0.3 is 5.97 Å². The SMILES string of the molecule is Cc1c(CNC(C(=O)O)c2c[nH]c3ccccc23)cnn1C1CCC1. The number of carboxylic acid groups (broad SMARTS) is 1. The lowest BCUT2D eigenvalue weighted by Gasteiger charge is -2.27. The molecule has 6 nitrogen and oxygen atoms in total. The van der Waals surface area contributed by atoms with Crippen molar-refractivity contribution in [2.24, 2.45) is 0 Å². The van der Waals surface area contributed by atoms with Crippen LogP contribution < -0.4 is 5.32 Å². The van der Waals surface area contributed by atoms with Crippen molar-refractivity contribution in [2.45, 2.75) is 44.8 Å². The van der Waals surface area contributed by atoms with Gasteiger partial charge in [0, 0.05) is 40.5 Å². The van der Waals surface area contributed by atoms with Crippen LogP contribution in [0, 0.1) is 6.92 Å². The fourth-order valence-corrected chi connectivity index (χ4v) is 3.51. The van der Waals surface area contributed by atoms with Crippen molar-refractivity contribution in [3.05, 3.63) is 53.5 Å². The van der Waals surface area contributed by atoms with Gasteiger partial charge in [0.1, 0.15) is 6.04 Å². The van der Waals surface area contributed by atoms with E-state index in [1.807, 2.05) is 30.5 Å². The van der Waals surface area contributed by atoms with Crippen molar-refractivity contribution >= 4 is 16.9 Å². The molecular weight excluding hydrogens is 316 g/mol. The molecule has 130 valence electrons. The minimum Gasteiger partial charge on any atom is -0.480 e. The maximum Gasteiger partial charge on any atom is 0.325 e. The molecule has 0 saturated heterocycles. The number of H-pyrrole nitrogens is 1. The zero-order valence-electron chi connectivity index (χ0n) is 14.2. The average Bonchev–Trinajstić information content (AvgIpc) is 3.12. The Morgan fingerprint density at radius 1 is 1.44 bits per heavy atom. The Kier molecular flexibility index (Phi) is 4.05. The number of aromatic nitrogens is 3. The van der Waals surface area contributed by atoms with E-state index in [4.69, 9.17) is 0 Å². The highest BCUT2D eigenvalue weighted by atomic mass is 16.4. The standard InChI is InChI=1S/C19H22N4O2/c1-12-13(10-22-23(12)14-5-4-6-14)9-21-18(19(24)25)16-11-20-17-8-3-2-7-15(16)17/h2-3,7-8,10-11,14,18,20-21H,4-6,9H2,1H3,(H,24,25). The van der Waals surface area contributed by atoms with Gasteiger partial charge in [-0.15, -0.1) is 0 Å². The molecule has 0 bridgehead atoms. The number of hydrogen-bond acceptors (Lipinski definition) is 3. The number of rotatable bonds is 6. The topological polar surface area (TPSA) is 82.9 Å². The van der Waals surface area contributed by atoms with Gasteiger partial charge in [-0.2, -0.15) is 5.10 Å². The van der Waals surface area contributed by atoms with Crippen LogP contribution in [0.15, 0.2) is 36.7 Å². The number of aliphatic carboxylic acids is 1. The molecule has 2 heterocycles. The van der Waals surface area contributed by atoms with E-state index in [9.17, 15) is 9.90 Å². The fraction of sp³-hybridized carbons (Fsp3) is 0.368. The second kappa shape index (κ2) is 6.37. The van der Waals surface area contributed by atoms with Crippen molar-refractivity contribution in [3.63, 3.8) is 0 Å². The summed E-state index contributed by atoms with van der Waals surface area (Å²) < 4.78 is 2.09. The Labute approximate surface area is 145 Å². The van der Waals surface area contributed by atoms with Crippen LogP contribution in [0.25, 0.3) is 10.9 Å². The lowest BCUT2D eigenvalue weighted by atomic mass is 9.93. The molecule has 0 aliphatic heterocycles. The third kappa shape index (κ3) is 2.82. The maximum atomic E-state index is 11.8. The first kappa shape index (κ1) is 15.9. The Balaban J connectivity index is 1.55. The summed E-state index contributed by atoms with van der Waals surface area (Å²) in [5, 5.41) is 18.3. The van der Waals surface area contributed by atoms with Gasteiger partial charge in [-0.25, -0.2) is 0 Å². The lowest BCUT2D eigenvalue weighted by molar-refractivity contribution is -0.139. The molecule has 25 heavy (non-hydrogen) atoms. The number of aromatic amines is 1. The van der Waals surface area contributed by atoms with Crippen LogP contribution in [0.1, 0.15) is 48.2 Å². The molecule has 0 amide bonds. The number of hydrogen-bond donors (Lipinski definition) is 3. The van der Waals surface area contributed by atoms with Crippen LogP contribution in [0.4, 0.5) is 0 Å². The molecular formula is C19H22N4O2. The normalized spacial score (nSPS) is 16.0. The van der Waals surface area contributed by atoms with Gasteiger partial charge in [0.05, 0.1) is 12.2 Å². The number of carbonyl (C=O) groups is 1. The average molecular weight is 338 g/mol. The monoisotopic (exact) mass is 338 g/mol. The van der Waals surface area contributed by atoms with Crippen molar-refractivity contribution in [1.82, 2.24) is 20.1 Å². The molecule has 6 heteroatoms. The van der Waals surface area contributed by atoms with Crippen molar-refractivity contribution in [3.8, 4) is 0 Å². The van der Waals surface area contributed by atoms with E-state index in [0.29, 0.717) is 12.6 Å². The number of benzene rings is 1. The summed E-state index contributed by atoms with van der Waals surface area (Å²) in [6.45, 7) is 2.54. The van der Waals surface area contributed by atoms with E-state index >= 15 is 0 Å². The fourth-order valence-electron chi connectivity index (χ4n) is 3.51. The first-order valence-electron chi connectivity index (χ1n) is 8.70. The van der Waals surface area contributed by atoms with E-state index < -0.39 is 12.0 Å². The quantitative estimate of drug-likeness (QED) is 0.644. The highest BCUT2D eigenvalue weighted by molar-refractivity contribution is 5.89. The number of fused-ring (bicyclic) bond motifs is 1. The number of nitrogens with one attached hydrogen (secondary N) is 2. The van der Waals surface area contributed by atoms with Crippen LogP contribution in [0.3, 0.4) is 0 Å². The molecule has 1 aromatic carbocycles. The molecule has 1 saturated carbocycles. The van der Waals surface area contributed by atoms with E-state index in [1.165, 1.54) is 19.3 Å². The van der Waals surface area contributed by atoms with Gasteiger partial charge < -0.3 is 10.1 Å². The highest BCUT2D eigenvalue weighted by Gasteiger charge is 2.25. The lowest BCUT2D eigenvalue weighted by Crippen LogP contribution is -2.28. The van der Waals surface area contributed by atoms with Crippen LogP contribution >= 0.6 is 0 Å². The Morgan fingerprint density at radius 2 is 2.24 bits per heavy atom. The minimum atomic E-state index is -0.881. The first-order chi connectivity index (χ1) is 12.1. The van der Waals surface area contributed by atoms with Crippen molar-refractivity contribution in [2.75, 3.05) is 0 Å². The van der Waals surface area contributed by atoms with Gasteiger partial charge in [0.2, 0.25) is 0 Å². The van der Waals surface area contributed by atoms with Gasteiger partial charge in [-0.1, -0.05) is 18.2 Å². The molecule has 1 unspecified atom stereocenters. The molecule has 1 aliphatic carbocycles. The molecule has 1 atom stereocenters. The molecule has 1 fully saturated rings. The highest BCUT2D eigenvalue weighted by Crippen LogP contribution is 2.32. The van der Waals surface area contributed by atoms with Gasteiger partial charge in [0.15, 0.2) is 0 Å². The number of nitrogens with zero attached hydrogens (tertiary/aromatic N) is 2. The maximum absolute atomic E-state index is 11.8. The molecule has 1 aliphatic rings. The molecule has 2 aromatic heterocycles. The van der Waals surface area contributed by atoms with E-state index in [0.717, 1.165) is 27.7 Å². The van der Waals surface area contributed by atoms with E-state index in [-0.39, 0.29) is 0 Å². The summed E-state index contributed by atoms with van der Waals surface area (Å²) in [6.07, 6.45) is 7.26. The minimum absolute atomic E-state index is 0.481. The van der Waals surface area contributed by atoms with Crippen LogP contribution in [-0.4, -0.2) is 25.8 Å². The first-order valence-corrected chi connectivity index (χ1v) is 8.70. The largest absolute Gasteiger partial charge is 0.480 e. The second-order valence-corrected chi connectivity index (χ2v) is 6.73. The predicted molar refractivity (Wildman–Crippen MR) is 95.4 cm³/mol. The summed E-state index contributed by atoms with van der Waals surface area (Å²) in [5.74, 6) is -0.881. The summed E-state index contributed by atoms with van der Waals surface area (Å²) in [7, 11) is 0. The van der Waals surface area contributed by atoms with E-state index in [1.54, 1.807) is 6.20 Å². The smallest absolute Gasteiger partial charge is 0.325 e. The molecule has 0 spiro atoms.